The first kappa shape index (κ1) is 26.5. The minimum absolute atomic E-state index is 0.000153. The van der Waals surface area contributed by atoms with E-state index in [4.69, 9.17) is 26.2 Å². The van der Waals surface area contributed by atoms with Crippen molar-refractivity contribution in [2.45, 2.75) is 4.21 Å². The molecule has 0 saturated heterocycles. The average molecular weight is 603 g/mol. The zero-order valence-electron chi connectivity index (χ0n) is 17.8. The van der Waals surface area contributed by atoms with E-state index < -0.39 is 28.5 Å². The number of rotatable bonds is 10. The normalized spacial score (nSPS) is 11.3. The molecule has 1 heterocycles. The lowest BCUT2D eigenvalue weighted by Gasteiger charge is -2.12. The van der Waals surface area contributed by atoms with Crippen LogP contribution >= 0.6 is 38.9 Å². The number of amides is 1. The van der Waals surface area contributed by atoms with Gasteiger partial charge in [0.2, 0.25) is 0 Å². The number of ether oxygens (including phenoxy) is 2. The number of benzene rings is 2. The number of halogens is 2. The van der Waals surface area contributed by atoms with E-state index in [1.54, 1.807) is 18.2 Å². The number of carboxylic acids is 1. The summed E-state index contributed by atoms with van der Waals surface area (Å²) in [7, 11) is -2.53. The van der Waals surface area contributed by atoms with Crippen LogP contribution < -0.4 is 19.6 Å². The second kappa shape index (κ2) is 11.5. The first-order valence-corrected chi connectivity index (χ1v) is 13.0. The second-order valence-corrected chi connectivity index (χ2v) is 11.2. The van der Waals surface area contributed by atoms with Gasteiger partial charge < -0.3 is 14.6 Å². The zero-order chi connectivity index (χ0) is 25.6. The molecular weight excluding hydrogens is 586 g/mol. The third-order valence-corrected chi connectivity index (χ3v) is 7.81. The molecule has 0 atom stereocenters. The third kappa shape index (κ3) is 7.18. The molecule has 1 amide bonds. The summed E-state index contributed by atoms with van der Waals surface area (Å²) in [5.74, 6) is -1.26. The summed E-state index contributed by atoms with van der Waals surface area (Å²) in [4.78, 5) is 23.7. The molecule has 0 radical (unpaired) electrons. The molecule has 0 fully saturated rings. The number of methoxy groups -OCH3 is 1. The molecule has 0 aliphatic heterocycles. The molecule has 1 aromatic heterocycles. The molecule has 3 rings (SSSR count). The maximum atomic E-state index is 12.8. The minimum Gasteiger partial charge on any atom is -0.497 e. The van der Waals surface area contributed by atoms with Gasteiger partial charge in [-0.3, -0.25) is 9.52 Å². The van der Waals surface area contributed by atoms with E-state index in [1.807, 2.05) is 0 Å². The van der Waals surface area contributed by atoms with Gasteiger partial charge in [0.05, 0.1) is 28.9 Å². The lowest BCUT2D eigenvalue weighted by Crippen LogP contribution is -2.21. The number of nitrogens with zero attached hydrogens (tertiary/aromatic N) is 1. The lowest BCUT2D eigenvalue weighted by molar-refractivity contribution is -0.139. The van der Waals surface area contributed by atoms with Gasteiger partial charge in [0.1, 0.15) is 15.7 Å². The van der Waals surface area contributed by atoms with Crippen LogP contribution in [0.5, 0.6) is 11.5 Å². The average Bonchev–Trinajstić information content (AvgIpc) is 3.26. The summed E-state index contributed by atoms with van der Waals surface area (Å²) < 4.78 is 38.9. The van der Waals surface area contributed by atoms with Gasteiger partial charge in [-0.15, -0.1) is 11.3 Å². The first-order chi connectivity index (χ1) is 16.6. The summed E-state index contributed by atoms with van der Waals surface area (Å²) >= 11 is 9.98. The van der Waals surface area contributed by atoms with Gasteiger partial charge in [-0.1, -0.05) is 27.5 Å². The van der Waals surface area contributed by atoms with E-state index in [1.165, 1.54) is 43.7 Å². The van der Waals surface area contributed by atoms with E-state index in [2.05, 4.69) is 31.2 Å². The molecule has 2 aromatic carbocycles. The number of aliphatic carboxylic acids is 1. The monoisotopic (exact) mass is 601 g/mol. The Morgan fingerprint density at radius 2 is 1.97 bits per heavy atom. The summed E-state index contributed by atoms with van der Waals surface area (Å²) in [5.41, 5.74) is 2.72. The second-order valence-electron chi connectivity index (χ2n) is 6.64. The fourth-order valence-corrected chi connectivity index (χ4v) is 5.59. The van der Waals surface area contributed by atoms with Crippen molar-refractivity contribution < 1.29 is 32.6 Å². The van der Waals surface area contributed by atoms with E-state index in [0.29, 0.717) is 20.1 Å². The van der Waals surface area contributed by atoms with Crippen LogP contribution in [-0.2, 0) is 14.8 Å². The molecular formula is C21H17BrClN3O7S2. The summed E-state index contributed by atoms with van der Waals surface area (Å²) in [6.07, 6.45) is 1.25. The maximum absolute atomic E-state index is 12.8. The molecule has 0 bridgehead atoms. The molecule has 0 spiro atoms. The van der Waals surface area contributed by atoms with E-state index >= 15 is 0 Å². The number of carboxylic acid groups (broad SMARTS) is 1. The van der Waals surface area contributed by atoms with Crippen LogP contribution in [0.4, 0.5) is 5.69 Å². The Labute approximate surface area is 217 Å². The molecule has 14 heteroatoms. The smallest absolute Gasteiger partial charge is 0.341 e. The highest BCUT2D eigenvalue weighted by atomic mass is 79.9. The largest absolute Gasteiger partial charge is 0.497 e. The number of hydrogen-bond donors (Lipinski definition) is 3. The number of sulfonamides is 1. The maximum Gasteiger partial charge on any atom is 0.341 e. The lowest BCUT2D eigenvalue weighted by atomic mass is 10.2. The molecule has 35 heavy (non-hydrogen) atoms. The van der Waals surface area contributed by atoms with Crippen LogP contribution in [-0.4, -0.2) is 45.3 Å². The number of thiophene rings is 1. The van der Waals surface area contributed by atoms with Crippen LogP contribution in [0.1, 0.15) is 15.9 Å². The van der Waals surface area contributed by atoms with Crippen molar-refractivity contribution in [2.24, 2.45) is 5.10 Å². The number of nitrogens with one attached hydrogen (secondary N) is 2. The van der Waals surface area contributed by atoms with Crippen molar-refractivity contribution in [3.05, 3.63) is 68.5 Å². The topological polar surface area (TPSA) is 143 Å². The predicted molar refractivity (Wildman–Crippen MR) is 135 cm³/mol. The fourth-order valence-electron chi connectivity index (χ4n) is 2.66. The van der Waals surface area contributed by atoms with Crippen molar-refractivity contribution in [1.29, 1.82) is 0 Å². The molecule has 3 aromatic rings. The van der Waals surface area contributed by atoms with Gasteiger partial charge in [0.25, 0.3) is 15.9 Å². The van der Waals surface area contributed by atoms with Crippen LogP contribution in [0.15, 0.2) is 62.3 Å². The molecule has 0 saturated carbocycles. The van der Waals surface area contributed by atoms with E-state index in [-0.39, 0.29) is 21.2 Å². The Hall–Kier alpha value is -3.13. The SMILES string of the molecule is COc1ccc(/C=N\NC(=O)c2cc(Br)ccc2NS(=O)(=O)c2ccc(Cl)s2)c(OCC(=O)O)c1. The quantitative estimate of drug-likeness (QED) is 0.233. The molecule has 184 valence electrons. The summed E-state index contributed by atoms with van der Waals surface area (Å²) in [5, 5.41) is 12.8. The molecule has 0 unspecified atom stereocenters. The van der Waals surface area contributed by atoms with Crippen LogP contribution in [0.3, 0.4) is 0 Å². The van der Waals surface area contributed by atoms with Crippen LogP contribution in [0, 0.1) is 0 Å². The Balaban J connectivity index is 1.81. The highest BCUT2D eigenvalue weighted by Gasteiger charge is 2.21. The van der Waals surface area contributed by atoms with Gasteiger partial charge in [0.15, 0.2) is 6.61 Å². The summed E-state index contributed by atoms with van der Waals surface area (Å²) in [6, 6.07) is 11.9. The summed E-state index contributed by atoms with van der Waals surface area (Å²) in [6.45, 7) is -0.586. The van der Waals surface area contributed by atoms with E-state index in [0.717, 1.165) is 11.3 Å². The molecule has 0 aliphatic carbocycles. The van der Waals surface area contributed by atoms with Crippen molar-refractivity contribution in [1.82, 2.24) is 5.43 Å². The Morgan fingerprint density at radius 1 is 1.20 bits per heavy atom. The Bertz CT molecular complexity index is 1390. The minimum atomic E-state index is -3.98. The van der Waals surface area contributed by atoms with Crippen molar-refractivity contribution in [2.75, 3.05) is 18.4 Å². The first-order valence-electron chi connectivity index (χ1n) is 9.53. The van der Waals surface area contributed by atoms with Gasteiger partial charge in [-0.2, -0.15) is 5.10 Å². The number of carbonyl (C=O) groups excluding carboxylic acids is 1. The Kier molecular flexibility index (Phi) is 8.72. The number of hydrogen-bond acceptors (Lipinski definition) is 8. The zero-order valence-corrected chi connectivity index (χ0v) is 21.8. The highest BCUT2D eigenvalue weighted by molar-refractivity contribution is 9.10. The fraction of sp³-hybridized carbons (Fsp3) is 0.0952. The van der Waals surface area contributed by atoms with Gasteiger partial charge >= 0.3 is 5.97 Å². The molecule has 10 nitrogen and oxygen atoms in total. The predicted octanol–water partition coefficient (Wildman–Crippen LogP) is 4.20. The number of hydrazone groups is 1. The number of carbonyl (C=O) groups is 2. The third-order valence-electron chi connectivity index (χ3n) is 4.23. The van der Waals surface area contributed by atoms with Crippen molar-refractivity contribution >= 4 is 72.7 Å². The van der Waals surface area contributed by atoms with Crippen molar-refractivity contribution in [3.63, 3.8) is 0 Å². The standard InChI is InChI=1S/C21H17BrClN3O7S2/c1-32-14-4-2-12(17(9-14)33-11-19(27)28)10-24-25-21(29)15-8-13(22)3-5-16(15)26-35(30,31)20-7-6-18(23)34-20/h2-10,26H,11H2,1H3,(H,25,29)(H,27,28)/b24-10-. The molecule has 3 N–H and O–H groups in total. The van der Waals surface area contributed by atoms with Crippen LogP contribution in [0.25, 0.3) is 0 Å². The van der Waals surface area contributed by atoms with E-state index in [9.17, 15) is 18.0 Å². The van der Waals surface area contributed by atoms with Gasteiger partial charge in [-0.25, -0.2) is 18.6 Å². The van der Waals surface area contributed by atoms with Crippen molar-refractivity contribution in [3.8, 4) is 11.5 Å². The Morgan fingerprint density at radius 3 is 2.63 bits per heavy atom. The van der Waals surface area contributed by atoms with Crippen LogP contribution in [0.2, 0.25) is 4.34 Å². The number of anilines is 1. The van der Waals surface area contributed by atoms with Gasteiger partial charge in [0, 0.05) is 16.1 Å². The molecule has 0 aliphatic rings. The van der Waals surface area contributed by atoms with Gasteiger partial charge in [-0.05, 0) is 42.5 Å². The highest BCUT2D eigenvalue weighted by Crippen LogP contribution is 2.29.